The van der Waals surface area contributed by atoms with E-state index in [2.05, 4.69) is 25.3 Å². The van der Waals surface area contributed by atoms with Crippen molar-refractivity contribution < 1.29 is 10.2 Å². The largest absolute Gasteiger partial charge is 0.504 e. The molecule has 1 aromatic carbocycles. The summed E-state index contributed by atoms with van der Waals surface area (Å²) in [4.78, 5) is 14.9. The Morgan fingerprint density at radius 2 is 2.10 bits per heavy atom. The minimum absolute atomic E-state index is 0.0761. The molecule has 0 unspecified atom stereocenters. The molecule has 2 aromatic heterocycles. The normalized spacial score (nSPS) is 10.8. The first-order chi connectivity index (χ1) is 9.65. The molecule has 0 saturated heterocycles. The van der Waals surface area contributed by atoms with Crippen LogP contribution in [-0.4, -0.2) is 30.1 Å². The number of fused-ring (bicyclic) bond motifs is 1. The number of benzene rings is 1. The smallest absolute Gasteiger partial charge is 0.226 e. The zero-order chi connectivity index (χ0) is 14.1. The van der Waals surface area contributed by atoms with Crippen LogP contribution in [0, 0.1) is 0 Å². The van der Waals surface area contributed by atoms with Crippen LogP contribution in [0.3, 0.4) is 0 Å². The van der Waals surface area contributed by atoms with Crippen LogP contribution in [0.5, 0.6) is 11.5 Å². The fraction of sp³-hybridized carbons (Fsp3) is 0.0833. The second-order valence-electron chi connectivity index (χ2n) is 4.08. The van der Waals surface area contributed by atoms with Crippen molar-refractivity contribution in [2.24, 2.45) is 0 Å². The molecule has 0 aliphatic carbocycles. The number of aromatic amines is 1. The summed E-state index contributed by atoms with van der Waals surface area (Å²) in [5, 5.41) is 22.3. The maximum atomic E-state index is 9.73. The molecule has 0 amide bonds. The summed E-state index contributed by atoms with van der Waals surface area (Å²) in [5.74, 6) is 0.137. The van der Waals surface area contributed by atoms with Gasteiger partial charge in [0.05, 0.1) is 6.33 Å². The van der Waals surface area contributed by atoms with Gasteiger partial charge in [-0.3, -0.25) is 0 Å². The predicted octanol–water partition coefficient (Wildman–Crippen LogP) is 2.03. The third-order valence-corrected chi connectivity index (χ3v) is 2.97. The highest BCUT2D eigenvalue weighted by molar-refractivity contribution is 6.28. The predicted molar refractivity (Wildman–Crippen MR) is 73.8 cm³/mol. The number of rotatable bonds is 3. The Morgan fingerprint density at radius 3 is 2.95 bits per heavy atom. The molecule has 8 heteroatoms. The van der Waals surface area contributed by atoms with E-state index in [1.807, 2.05) is 0 Å². The second kappa shape index (κ2) is 4.86. The minimum atomic E-state index is -0.170. The lowest BCUT2D eigenvalue weighted by atomic mass is 10.2. The summed E-state index contributed by atoms with van der Waals surface area (Å²) < 4.78 is 0. The van der Waals surface area contributed by atoms with E-state index in [0.29, 0.717) is 22.5 Å². The van der Waals surface area contributed by atoms with Crippen molar-refractivity contribution in [3.05, 3.63) is 35.4 Å². The van der Waals surface area contributed by atoms with Crippen LogP contribution in [0.2, 0.25) is 5.28 Å². The summed E-state index contributed by atoms with van der Waals surface area (Å²) in [6.07, 6.45) is 1.49. The molecule has 0 aliphatic rings. The Kier molecular flexibility index (Phi) is 3.03. The molecule has 3 rings (SSSR count). The van der Waals surface area contributed by atoms with Crippen LogP contribution < -0.4 is 5.32 Å². The Bertz CT molecular complexity index is 774. The number of aromatic hydroxyl groups is 2. The molecule has 4 N–H and O–H groups in total. The van der Waals surface area contributed by atoms with E-state index >= 15 is 0 Å². The van der Waals surface area contributed by atoms with Crippen LogP contribution in [0.15, 0.2) is 24.5 Å². The highest BCUT2D eigenvalue weighted by atomic mass is 35.5. The lowest BCUT2D eigenvalue weighted by Crippen LogP contribution is -2.03. The van der Waals surface area contributed by atoms with Crippen molar-refractivity contribution in [1.29, 1.82) is 0 Å². The van der Waals surface area contributed by atoms with E-state index in [-0.39, 0.29) is 23.3 Å². The first kappa shape index (κ1) is 12.5. The first-order valence-corrected chi connectivity index (χ1v) is 6.13. The molecule has 0 bridgehead atoms. The Labute approximate surface area is 118 Å². The topological polar surface area (TPSA) is 107 Å². The Hall–Kier alpha value is -2.54. The van der Waals surface area contributed by atoms with E-state index in [0.717, 1.165) is 0 Å². The quantitative estimate of drug-likeness (QED) is 0.434. The molecule has 0 radical (unpaired) electrons. The summed E-state index contributed by atoms with van der Waals surface area (Å²) in [5.41, 5.74) is 1.61. The number of imidazole rings is 1. The number of nitrogens with zero attached hydrogens (tertiary/aromatic N) is 3. The van der Waals surface area contributed by atoms with Gasteiger partial charge >= 0.3 is 0 Å². The fourth-order valence-electron chi connectivity index (χ4n) is 1.83. The molecule has 0 spiro atoms. The zero-order valence-corrected chi connectivity index (χ0v) is 10.9. The molecular weight excluding hydrogens is 282 g/mol. The van der Waals surface area contributed by atoms with Crippen LogP contribution >= 0.6 is 11.6 Å². The molecule has 0 aliphatic heterocycles. The molecule has 0 saturated carbocycles. The second-order valence-corrected chi connectivity index (χ2v) is 4.42. The van der Waals surface area contributed by atoms with Gasteiger partial charge in [0.1, 0.15) is 5.52 Å². The van der Waals surface area contributed by atoms with Gasteiger partial charge in [0.15, 0.2) is 23.0 Å². The number of phenols is 2. The van der Waals surface area contributed by atoms with Crippen molar-refractivity contribution >= 4 is 28.6 Å². The van der Waals surface area contributed by atoms with Gasteiger partial charge in [0.2, 0.25) is 5.28 Å². The van der Waals surface area contributed by atoms with Crippen LogP contribution in [0.1, 0.15) is 5.56 Å². The van der Waals surface area contributed by atoms with Gasteiger partial charge < -0.3 is 20.5 Å². The lowest BCUT2D eigenvalue weighted by Gasteiger charge is -2.09. The first-order valence-electron chi connectivity index (χ1n) is 5.75. The van der Waals surface area contributed by atoms with Crippen molar-refractivity contribution in [1.82, 2.24) is 19.9 Å². The highest BCUT2D eigenvalue weighted by Crippen LogP contribution is 2.29. The minimum Gasteiger partial charge on any atom is -0.504 e. The van der Waals surface area contributed by atoms with Gasteiger partial charge in [-0.2, -0.15) is 9.97 Å². The number of nitrogens with one attached hydrogen (secondary N) is 2. The Balaban J connectivity index is 1.90. The van der Waals surface area contributed by atoms with Crippen LogP contribution in [0.25, 0.3) is 11.2 Å². The average molecular weight is 292 g/mol. The Morgan fingerprint density at radius 1 is 1.25 bits per heavy atom. The third kappa shape index (κ3) is 2.19. The van der Waals surface area contributed by atoms with Gasteiger partial charge in [-0.15, -0.1) is 0 Å². The van der Waals surface area contributed by atoms with Crippen molar-refractivity contribution in [3.63, 3.8) is 0 Å². The summed E-state index contributed by atoms with van der Waals surface area (Å²) >= 11 is 5.81. The van der Waals surface area contributed by atoms with E-state index in [9.17, 15) is 10.2 Å². The summed E-state index contributed by atoms with van der Waals surface area (Å²) in [7, 11) is 0. The van der Waals surface area contributed by atoms with Crippen LogP contribution in [0.4, 0.5) is 5.82 Å². The number of hydrogen-bond donors (Lipinski definition) is 4. The van der Waals surface area contributed by atoms with Gasteiger partial charge in [0.25, 0.3) is 0 Å². The average Bonchev–Trinajstić information content (AvgIpc) is 2.88. The summed E-state index contributed by atoms with van der Waals surface area (Å²) in [6, 6.07) is 4.74. The maximum Gasteiger partial charge on any atom is 0.226 e. The van der Waals surface area contributed by atoms with E-state index < -0.39 is 0 Å². The van der Waals surface area contributed by atoms with Crippen molar-refractivity contribution in [2.45, 2.75) is 6.54 Å². The number of phenolic OH excluding ortho intramolecular Hbond substituents is 2. The SMILES string of the molecule is Oc1cccc(CNc2nc(Cl)nc3nc[nH]c23)c1O. The van der Waals surface area contributed by atoms with E-state index in [4.69, 9.17) is 11.6 Å². The number of para-hydroxylation sites is 1. The zero-order valence-electron chi connectivity index (χ0n) is 10.1. The number of anilines is 1. The van der Waals surface area contributed by atoms with Crippen LogP contribution in [-0.2, 0) is 6.54 Å². The monoisotopic (exact) mass is 291 g/mol. The molecule has 2 heterocycles. The molecular formula is C12H10ClN5O2. The van der Waals surface area contributed by atoms with E-state index in [1.54, 1.807) is 12.1 Å². The fourth-order valence-corrected chi connectivity index (χ4v) is 2.00. The van der Waals surface area contributed by atoms with Gasteiger partial charge in [-0.1, -0.05) is 12.1 Å². The third-order valence-electron chi connectivity index (χ3n) is 2.80. The molecule has 0 fully saturated rings. The number of H-pyrrole nitrogens is 1. The van der Waals surface area contributed by atoms with E-state index in [1.165, 1.54) is 12.4 Å². The molecule has 102 valence electrons. The number of halogens is 1. The van der Waals surface area contributed by atoms with Gasteiger partial charge in [-0.25, -0.2) is 4.98 Å². The lowest BCUT2D eigenvalue weighted by molar-refractivity contribution is 0.400. The molecule has 7 nitrogen and oxygen atoms in total. The maximum absolute atomic E-state index is 9.73. The standard InChI is InChI=1S/C12H10ClN5O2/c13-12-17-10(8-11(18-12)16-5-15-8)14-4-6-2-1-3-7(19)9(6)20/h1-3,5,19-20H,4H2,(H2,14,15,16,17,18). The molecule has 20 heavy (non-hydrogen) atoms. The number of hydrogen-bond acceptors (Lipinski definition) is 6. The van der Waals surface area contributed by atoms with Crippen molar-refractivity contribution in [3.8, 4) is 11.5 Å². The number of aromatic nitrogens is 4. The summed E-state index contributed by atoms with van der Waals surface area (Å²) in [6.45, 7) is 0.266. The van der Waals surface area contributed by atoms with Gasteiger partial charge in [-0.05, 0) is 17.7 Å². The molecule has 3 aromatic rings. The van der Waals surface area contributed by atoms with Crippen molar-refractivity contribution in [2.75, 3.05) is 5.32 Å². The van der Waals surface area contributed by atoms with Gasteiger partial charge in [0, 0.05) is 12.1 Å². The highest BCUT2D eigenvalue weighted by Gasteiger charge is 2.10. The molecule has 0 atom stereocenters.